The molecule has 6 heteroatoms. The molecule has 4 atom stereocenters. The van der Waals surface area contributed by atoms with Crippen LogP contribution in [0.15, 0.2) is 12.2 Å². The molecule has 1 saturated heterocycles. The maximum absolute atomic E-state index is 11.8. The second-order valence-electron chi connectivity index (χ2n) is 7.08. The number of fused-ring (bicyclic) bond motifs is 1. The van der Waals surface area contributed by atoms with Crippen LogP contribution in [0.4, 0.5) is 0 Å². The number of nitrogens with zero attached hydrogens (tertiary/aromatic N) is 1. The first-order valence-corrected chi connectivity index (χ1v) is 8.89. The molecule has 0 aromatic heterocycles. The molecule has 1 saturated carbocycles. The van der Waals surface area contributed by atoms with E-state index in [0.29, 0.717) is 50.0 Å². The fraction of sp³-hybridized carbons (Fsp3) is 0.722. The Bertz CT molecular complexity index is 526. The maximum atomic E-state index is 11.8. The van der Waals surface area contributed by atoms with Crippen molar-refractivity contribution in [2.75, 3.05) is 13.2 Å². The van der Waals surface area contributed by atoms with Crippen molar-refractivity contribution in [3.8, 4) is 0 Å². The van der Waals surface area contributed by atoms with Crippen molar-refractivity contribution in [2.45, 2.75) is 57.7 Å². The first kappa shape index (κ1) is 17.1. The summed E-state index contributed by atoms with van der Waals surface area (Å²) in [6.45, 7) is 3.11. The Morgan fingerprint density at radius 3 is 2.62 bits per heavy atom. The highest BCUT2D eigenvalue weighted by Gasteiger charge is 2.47. The lowest BCUT2D eigenvalue weighted by Gasteiger charge is -2.25. The van der Waals surface area contributed by atoms with Gasteiger partial charge in [0, 0.05) is 25.1 Å². The summed E-state index contributed by atoms with van der Waals surface area (Å²) >= 11 is 0. The zero-order chi connectivity index (χ0) is 17.1. The molecule has 3 aliphatic rings. The minimum atomic E-state index is -0.247. The summed E-state index contributed by atoms with van der Waals surface area (Å²) in [7, 11) is 0. The maximum Gasteiger partial charge on any atom is 0.305 e. The molecule has 6 nitrogen and oxygen atoms in total. The average Bonchev–Trinajstić information content (AvgIpc) is 3.23. The first-order chi connectivity index (χ1) is 11.5. The van der Waals surface area contributed by atoms with Crippen LogP contribution in [0.5, 0.6) is 0 Å². The predicted octanol–water partition coefficient (Wildman–Crippen LogP) is 1.83. The molecule has 0 bridgehead atoms. The van der Waals surface area contributed by atoms with E-state index in [2.05, 4.69) is 6.92 Å². The number of carbonyl (C=O) groups is 3. The lowest BCUT2D eigenvalue weighted by atomic mass is 9.81. The Morgan fingerprint density at radius 1 is 1.17 bits per heavy atom. The van der Waals surface area contributed by atoms with E-state index in [0.717, 1.165) is 25.7 Å². The van der Waals surface area contributed by atoms with Gasteiger partial charge < -0.3 is 9.47 Å². The fourth-order valence-corrected chi connectivity index (χ4v) is 3.56. The molecule has 0 N–H and O–H groups in total. The molecule has 4 unspecified atom stereocenters. The highest BCUT2D eigenvalue weighted by atomic mass is 16.6. The second kappa shape index (κ2) is 7.47. The number of carbonyl (C=O) groups excluding carboxylic acids is 3. The van der Waals surface area contributed by atoms with Gasteiger partial charge in [-0.1, -0.05) is 13.3 Å². The Kier molecular flexibility index (Phi) is 5.33. The van der Waals surface area contributed by atoms with Gasteiger partial charge in [0.25, 0.3) is 11.8 Å². The van der Waals surface area contributed by atoms with Crippen LogP contribution in [0, 0.1) is 11.8 Å². The number of esters is 1. The third-order valence-electron chi connectivity index (χ3n) is 5.25. The smallest absolute Gasteiger partial charge is 0.305 e. The van der Waals surface area contributed by atoms with E-state index in [1.54, 1.807) is 0 Å². The van der Waals surface area contributed by atoms with Crippen LogP contribution < -0.4 is 0 Å². The summed E-state index contributed by atoms with van der Waals surface area (Å²) in [4.78, 5) is 35.8. The topological polar surface area (TPSA) is 76.2 Å². The molecule has 1 aliphatic carbocycles. The Labute approximate surface area is 142 Å². The van der Waals surface area contributed by atoms with Gasteiger partial charge in [-0.15, -0.1) is 0 Å². The minimum Gasteiger partial charge on any atom is -0.465 e. The summed E-state index contributed by atoms with van der Waals surface area (Å²) in [5.74, 6) is 0.310. The van der Waals surface area contributed by atoms with Gasteiger partial charge in [-0.05, 0) is 37.5 Å². The largest absolute Gasteiger partial charge is 0.465 e. The van der Waals surface area contributed by atoms with Crippen molar-refractivity contribution in [2.24, 2.45) is 11.8 Å². The van der Waals surface area contributed by atoms with Gasteiger partial charge in [-0.25, -0.2) is 0 Å². The van der Waals surface area contributed by atoms with E-state index in [1.807, 2.05) is 0 Å². The van der Waals surface area contributed by atoms with Crippen LogP contribution in [0.2, 0.25) is 0 Å². The fourth-order valence-electron chi connectivity index (χ4n) is 3.56. The monoisotopic (exact) mass is 335 g/mol. The van der Waals surface area contributed by atoms with Crippen molar-refractivity contribution in [1.82, 2.24) is 4.90 Å². The average molecular weight is 335 g/mol. The van der Waals surface area contributed by atoms with E-state index in [9.17, 15) is 14.4 Å². The van der Waals surface area contributed by atoms with Gasteiger partial charge in [0.2, 0.25) is 0 Å². The zero-order valence-electron chi connectivity index (χ0n) is 14.1. The standard InChI is InChI=1S/C18H25NO5/c1-12-9-14-15(24-14)10-13(12)11-23-18(22)5-3-2-4-8-19-16(20)6-7-17(19)21/h6-7,12-15H,2-5,8-11H2,1H3. The van der Waals surface area contributed by atoms with Crippen molar-refractivity contribution >= 4 is 17.8 Å². The first-order valence-electron chi connectivity index (χ1n) is 8.89. The molecule has 0 radical (unpaired) electrons. The van der Waals surface area contributed by atoms with E-state index in [1.165, 1.54) is 17.1 Å². The van der Waals surface area contributed by atoms with E-state index < -0.39 is 0 Å². The van der Waals surface area contributed by atoms with Crippen LogP contribution >= 0.6 is 0 Å². The summed E-state index contributed by atoms with van der Waals surface area (Å²) in [6, 6.07) is 0. The molecule has 0 spiro atoms. The van der Waals surface area contributed by atoms with Gasteiger partial charge >= 0.3 is 5.97 Å². The van der Waals surface area contributed by atoms with Gasteiger partial charge in [0.05, 0.1) is 18.8 Å². The molecule has 2 fully saturated rings. The highest BCUT2D eigenvalue weighted by Crippen LogP contribution is 2.42. The van der Waals surface area contributed by atoms with E-state index in [4.69, 9.17) is 9.47 Å². The number of hydrogen-bond donors (Lipinski definition) is 0. The molecular weight excluding hydrogens is 310 g/mol. The SMILES string of the molecule is CC1CC2OC2CC1COC(=O)CCCCCN1C(=O)C=CC1=O. The summed E-state index contributed by atoms with van der Waals surface area (Å²) in [6.07, 6.45) is 8.14. The normalized spacial score (nSPS) is 31.3. The third kappa shape index (κ3) is 4.23. The molecule has 2 amide bonds. The number of epoxide rings is 1. The van der Waals surface area contributed by atoms with Crippen LogP contribution in [-0.4, -0.2) is 48.0 Å². The van der Waals surface area contributed by atoms with Gasteiger partial charge in [-0.2, -0.15) is 0 Å². The van der Waals surface area contributed by atoms with Crippen LogP contribution in [0.1, 0.15) is 45.4 Å². The number of imide groups is 1. The quantitative estimate of drug-likeness (QED) is 0.293. The Morgan fingerprint density at radius 2 is 1.88 bits per heavy atom. The Hall–Kier alpha value is -1.69. The van der Waals surface area contributed by atoms with Crippen molar-refractivity contribution in [3.63, 3.8) is 0 Å². The lowest BCUT2D eigenvalue weighted by molar-refractivity contribution is -0.146. The highest BCUT2D eigenvalue weighted by molar-refractivity contribution is 6.12. The number of rotatable bonds is 8. The van der Waals surface area contributed by atoms with Crippen molar-refractivity contribution in [1.29, 1.82) is 0 Å². The van der Waals surface area contributed by atoms with E-state index >= 15 is 0 Å². The third-order valence-corrected chi connectivity index (χ3v) is 5.25. The lowest BCUT2D eigenvalue weighted by Crippen LogP contribution is -2.30. The van der Waals surface area contributed by atoms with E-state index in [-0.39, 0.29) is 17.8 Å². The number of amides is 2. The van der Waals surface area contributed by atoms with Crippen LogP contribution in [-0.2, 0) is 23.9 Å². The van der Waals surface area contributed by atoms with Crippen molar-refractivity contribution in [3.05, 3.63) is 12.2 Å². The molecule has 132 valence electrons. The summed E-state index contributed by atoms with van der Waals surface area (Å²) in [5, 5.41) is 0. The summed E-state index contributed by atoms with van der Waals surface area (Å²) in [5.41, 5.74) is 0. The molecule has 24 heavy (non-hydrogen) atoms. The minimum absolute atomic E-state index is 0.156. The van der Waals surface area contributed by atoms with Crippen LogP contribution in [0.25, 0.3) is 0 Å². The van der Waals surface area contributed by atoms with Gasteiger partial charge in [0.15, 0.2) is 0 Å². The molecule has 0 aromatic rings. The van der Waals surface area contributed by atoms with Gasteiger partial charge in [-0.3, -0.25) is 19.3 Å². The zero-order valence-corrected chi connectivity index (χ0v) is 14.1. The molecule has 2 heterocycles. The molecule has 3 rings (SSSR count). The predicted molar refractivity (Wildman–Crippen MR) is 85.8 cm³/mol. The summed E-state index contributed by atoms with van der Waals surface area (Å²) < 4.78 is 10.9. The number of hydrogen-bond acceptors (Lipinski definition) is 5. The Balaban J connectivity index is 1.24. The van der Waals surface area contributed by atoms with Crippen molar-refractivity contribution < 1.29 is 23.9 Å². The van der Waals surface area contributed by atoms with Gasteiger partial charge in [0.1, 0.15) is 0 Å². The molecular formula is C18H25NO5. The van der Waals surface area contributed by atoms with Crippen LogP contribution in [0.3, 0.4) is 0 Å². The molecule has 2 aliphatic heterocycles. The molecule has 0 aromatic carbocycles. The number of unbranched alkanes of at least 4 members (excludes halogenated alkanes) is 2. The second-order valence-corrected chi connectivity index (χ2v) is 7.08. The number of ether oxygens (including phenoxy) is 2.